The highest BCUT2D eigenvalue weighted by atomic mass is 32.2. The molecule has 8 heteroatoms. The first kappa shape index (κ1) is 46.5. The molecule has 282 valence electrons. The molecular weight excluding hydrogens is 623 g/mol. The third-order valence-electron chi connectivity index (χ3n) is 8.90. The molecule has 0 heterocycles. The monoisotopic (exact) mass is 698 g/mol. The van der Waals surface area contributed by atoms with Crippen LogP contribution in [0.4, 0.5) is 0 Å². The first-order valence-electron chi connectivity index (χ1n) is 19.8. The van der Waals surface area contributed by atoms with E-state index in [0.29, 0.717) is 12.8 Å². The Balaban J connectivity index is 4.14. The van der Waals surface area contributed by atoms with Crippen molar-refractivity contribution >= 4 is 16.0 Å². The zero-order valence-corrected chi connectivity index (χ0v) is 31.8. The number of hydrogen-bond donors (Lipinski definition) is 4. The summed E-state index contributed by atoms with van der Waals surface area (Å²) < 4.78 is 32.4. The van der Waals surface area contributed by atoms with E-state index >= 15 is 0 Å². The van der Waals surface area contributed by atoms with E-state index < -0.39 is 40.0 Å². The Labute approximate surface area is 296 Å². The van der Waals surface area contributed by atoms with Gasteiger partial charge < -0.3 is 15.5 Å². The molecule has 0 radical (unpaired) electrons. The predicted octanol–water partition coefficient (Wildman–Crippen LogP) is 10.3. The average Bonchev–Trinajstić information content (AvgIpc) is 3.05. The van der Waals surface area contributed by atoms with Crippen LogP contribution in [-0.4, -0.2) is 53.1 Å². The second kappa shape index (κ2) is 34.0. The number of aliphatic hydroxyl groups is 2. The average molecular weight is 698 g/mol. The molecule has 0 spiro atoms. The van der Waals surface area contributed by atoms with Gasteiger partial charge in [-0.25, -0.2) is 0 Å². The SMILES string of the molecule is CCCCCCCC/C=C/CC/C=C/CC/C=C/C(O)C(CS(=O)(=O)O)NC(=O)C(O)CCCCCCCCCCCCCCCCC. The first-order valence-corrected chi connectivity index (χ1v) is 21.4. The van der Waals surface area contributed by atoms with Crippen LogP contribution in [0.3, 0.4) is 0 Å². The molecule has 3 unspecified atom stereocenters. The molecule has 0 aliphatic rings. The van der Waals surface area contributed by atoms with Crippen LogP contribution in [0.25, 0.3) is 0 Å². The van der Waals surface area contributed by atoms with Crippen LogP contribution in [-0.2, 0) is 14.9 Å². The van der Waals surface area contributed by atoms with E-state index in [-0.39, 0.29) is 6.42 Å². The van der Waals surface area contributed by atoms with Crippen molar-refractivity contribution in [2.24, 2.45) is 0 Å². The predicted molar refractivity (Wildman–Crippen MR) is 204 cm³/mol. The summed E-state index contributed by atoms with van der Waals surface area (Å²) in [6, 6.07) is -1.25. The summed E-state index contributed by atoms with van der Waals surface area (Å²) in [7, 11) is -4.45. The molecule has 1 amide bonds. The summed E-state index contributed by atoms with van der Waals surface area (Å²) in [5, 5.41) is 23.3. The quantitative estimate of drug-likeness (QED) is 0.0297. The van der Waals surface area contributed by atoms with E-state index in [9.17, 15) is 28.0 Å². The fraction of sp³-hybridized carbons (Fsp3) is 0.825. The van der Waals surface area contributed by atoms with Crippen LogP contribution >= 0.6 is 0 Å². The molecule has 0 aromatic rings. The van der Waals surface area contributed by atoms with Gasteiger partial charge in [-0.2, -0.15) is 8.42 Å². The van der Waals surface area contributed by atoms with Crippen LogP contribution in [0.1, 0.15) is 187 Å². The number of nitrogens with one attached hydrogen (secondary N) is 1. The smallest absolute Gasteiger partial charge is 0.267 e. The molecule has 0 aromatic heterocycles. The molecule has 0 saturated heterocycles. The first-order chi connectivity index (χ1) is 23.2. The number of hydrogen-bond acceptors (Lipinski definition) is 5. The topological polar surface area (TPSA) is 124 Å². The second-order valence-electron chi connectivity index (χ2n) is 13.7. The lowest BCUT2D eigenvalue weighted by Gasteiger charge is -2.22. The van der Waals surface area contributed by atoms with E-state index in [4.69, 9.17) is 0 Å². The fourth-order valence-corrected chi connectivity index (χ4v) is 6.57. The summed E-state index contributed by atoms with van der Waals surface area (Å²) in [6.45, 7) is 4.49. The van der Waals surface area contributed by atoms with E-state index in [1.165, 1.54) is 115 Å². The molecule has 0 aromatic carbocycles. The summed E-state index contributed by atoms with van der Waals surface area (Å²) in [4.78, 5) is 12.6. The van der Waals surface area contributed by atoms with Gasteiger partial charge >= 0.3 is 0 Å². The largest absolute Gasteiger partial charge is 0.387 e. The number of unbranched alkanes of at least 4 members (excludes halogenated alkanes) is 22. The van der Waals surface area contributed by atoms with E-state index in [1.54, 1.807) is 6.08 Å². The van der Waals surface area contributed by atoms with Gasteiger partial charge in [-0.3, -0.25) is 9.35 Å². The van der Waals surface area contributed by atoms with Crippen molar-refractivity contribution in [3.63, 3.8) is 0 Å². The minimum atomic E-state index is -4.45. The van der Waals surface area contributed by atoms with E-state index in [0.717, 1.165) is 44.9 Å². The van der Waals surface area contributed by atoms with Gasteiger partial charge in [0.25, 0.3) is 10.1 Å². The van der Waals surface area contributed by atoms with Crippen molar-refractivity contribution in [2.45, 2.75) is 205 Å². The molecule has 7 nitrogen and oxygen atoms in total. The summed E-state index contributed by atoms with van der Waals surface area (Å²) in [6.07, 6.45) is 40.5. The van der Waals surface area contributed by atoms with Gasteiger partial charge in [0.2, 0.25) is 5.91 Å². The molecule has 48 heavy (non-hydrogen) atoms. The third kappa shape index (κ3) is 33.0. The van der Waals surface area contributed by atoms with E-state index in [2.05, 4.69) is 43.5 Å². The van der Waals surface area contributed by atoms with Gasteiger partial charge in [0.15, 0.2) is 0 Å². The van der Waals surface area contributed by atoms with Crippen LogP contribution in [0, 0.1) is 0 Å². The normalized spacial score (nSPS) is 14.4. The Morgan fingerprint density at radius 1 is 0.562 bits per heavy atom. The van der Waals surface area contributed by atoms with Crippen molar-refractivity contribution in [2.75, 3.05) is 5.75 Å². The molecule has 0 aliphatic carbocycles. The van der Waals surface area contributed by atoms with Crippen molar-refractivity contribution in [3.05, 3.63) is 36.5 Å². The Morgan fingerprint density at radius 2 is 0.938 bits per heavy atom. The highest BCUT2D eigenvalue weighted by Crippen LogP contribution is 2.15. The lowest BCUT2D eigenvalue weighted by molar-refractivity contribution is -0.130. The van der Waals surface area contributed by atoms with Crippen LogP contribution in [0.5, 0.6) is 0 Å². The second-order valence-corrected chi connectivity index (χ2v) is 15.2. The number of carbonyl (C=O) groups is 1. The standard InChI is InChI=1S/C40H75NO6S/c1-3-5-7-9-11-13-15-17-19-21-22-24-26-28-30-32-34-38(42)37(36-48(45,46)47)41-40(44)39(43)35-33-31-29-27-25-23-20-18-16-14-12-10-8-6-4-2/h17,19,24,26,32,34,37-39,42-43H,3-16,18,20-23,25,27-31,33,35-36H2,1-2H3,(H,41,44)(H,45,46,47)/b19-17+,26-24+,34-32+. The number of rotatable bonds is 35. The summed E-state index contributed by atoms with van der Waals surface area (Å²) in [5.74, 6) is -1.56. The lowest BCUT2D eigenvalue weighted by atomic mass is 10.0. The Kier molecular flexibility index (Phi) is 32.9. The van der Waals surface area contributed by atoms with Crippen LogP contribution in [0.2, 0.25) is 0 Å². The van der Waals surface area contributed by atoms with Gasteiger partial charge in [0, 0.05) is 0 Å². The number of carbonyl (C=O) groups excluding carboxylic acids is 1. The maximum atomic E-state index is 12.6. The van der Waals surface area contributed by atoms with Gasteiger partial charge in [0.1, 0.15) is 6.10 Å². The van der Waals surface area contributed by atoms with Crippen LogP contribution < -0.4 is 5.32 Å². The maximum absolute atomic E-state index is 12.6. The molecule has 4 N–H and O–H groups in total. The Morgan fingerprint density at radius 3 is 1.38 bits per heavy atom. The van der Waals surface area contributed by atoms with Gasteiger partial charge in [-0.15, -0.1) is 0 Å². The number of aliphatic hydroxyl groups excluding tert-OH is 2. The molecule has 0 fully saturated rings. The van der Waals surface area contributed by atoms with Gasteiger partial charge in [0.05, 0.1) is 17.9 Å². The van der Waals surface area contributed by atoms with Crippen molar-refractivity contribution in [1.29, 1.82) is 0 Å². The Hall–Kier alpha value is -1.48. The van der Waals surface area contributed by atoms with Crippen molar-refractivity contribution in [3.8, 4) is 0 Å². The zero-order chi connectivity index (χ0) is 35.6. The van der Waals surface area contributed by atoms with E-state index in [1.807, 2.05) is 0 Å². The summed E-state index contributed by atoms with van der Waals surface area (Å²) in [5.41, 5.74) is 0. The number of allylic oxidation sites excluding steroid dienone is 5. The van der Waals surface area contributed by atoms with Crippen molar-refractivity contribution < 1.29 is 28.0 Å². The molecular formula is C40H75NO6S. The minimum absolute atomic E-state index is 0.274. The highest BCUT2D eigenvalue weighted by Gasteiger charge is 2.27. The molecule has 0 bridgehead atoms. The van der Waals surface area contributed by atoms with Crippen LogP contribution in [0.15, 0.2) is 36.5 Å². The Bertz CT molecular complexity index is 917. The molecule has 0 saturated carbocycles. The summed E-state index contributed by atoms with van der Waals surface area (Å²) >= 11 is 0. The van der Waals surface area contributed by atoms with Crippen molar-refractivity contribution in [1.82, 2.24) is 5.32 Å². The van der Waals surface area contributed by atoms with Gasteiger partial charge in [-0.05, 0) is 44.9 Å². The molecule has 0 rings (SSSR count). The fourth-order valence-electron chi connectivity index (χ4n) is 5.84. The molecule has 0 aliphatic heterocycles. The minimum Gasteiger partial charge on any atom is -0.387 e. The molecule has 3 atom stereocenters. The third-order valence-corrected chi connectivity index (χ3v) is 9.69. The lowest BCUT2D eigenvalue weighted by Crippen LogP contribution is -2.50. The maximum Gasteiger partial charge on any atom is 0.267 e. The van der Waals surface area contributed by atoms with Gasteiger partial charge in [-0.1, -0.05) is 179 Å². The zero-order valence-electron chi connectivity index (χ0n) is 31.0. The highest BCUT2D eigenvalue weighted by molar-refractivity contribution is 7.85. The number of amides is 1.